The van der Waals surface area contributed by atoms with Crippen molar-refractivity contribution in [3.05, 3.63) is 103 Å². The topological polar surface area (TPSA) is 99.0 Å². The average molecular weight is 424 g/mol. The maximum atomic E-state index is 8.24. The van der Waals surface area contributed by atoms with Crippen LogP contribution in [0, 0.1) is 10.9 Å². The number of anilines is 1. The van der Waals surface area contributed by atoms with Crippen molar-refractivity contribution in [1.29, 1.82) is 10.9 Å². The fraction of sp³-hybridized carbons (Fsp3) is 0.0400. The van der Waals surface area contributed by atoms with Gasteiger partial charge in [0.15, 0.2) is 5.84 Å². The Labute approximate surface area is 185 Å². The van der Waals surface area contributed by atoms with E-state index < -0.39 is 5.25 Å². The molecule has 4 aromatic rings. The highest BCUT2D eigenvalue weighted by atomic mass is 32.2. The molecule has 6 heteroatoms. The van der Waals surface area contributed by atoms with Crippen LogP contribution >= 0.6 is 11.8 Å². The summed E-state index contributed by atoms with van der Waals surface area (Å²) in [5, 5.41) is 11.8. The normalized spacial score (nSPS) is 11.6. The molecule has 1 atom stereocenters. The first-order chi connectivity index (χ1) is 15.2. The second-order valence-electron chi connectivity index (χ2n) is 6.91. The molecule has 0 amide bonds. The van der Waals surface area contributed by atoms with Gasteiger partial charge in [0.05, 0.1) is 16.6 Å². The van der Waals surface area contributed by atoms with Gasteiger partial charge >= 0.3 is 0 Å². The summed E-state index contributed by atoms with van der Waals surface area (Å²) in [4.78, 5) is 4.85. The first kappa shape index (κ1) is 20.5. The predicted molar refractivity (Wildman–Crippen MR) is 127 cm³/mol. The van der Waals surface area contributed by atoms with E-state index in [9.17, 15) is 0 Å². The van der Waals surface area contributed by atoms with Crippen molar-refractivity contribution in [3.8, 4) is 22.4 Å². The van der Waals surface area contributed by atoms with E-state index in [0.29, 0.717) is 10.7 Å². The predicted octanol–water partition coefficient (Wildman–Crippen LogP) is 6.84. The maximum Gasteiger partial charge on any atom is 0.160 e. The van der Waals surface area contributed by atoms with E-state index in [-0.39, 0.29) is 5.84 Å². The van der Waals surface area contributed by atoms with Gasteiger partial charge in [0, 0.05) is 11.1 Å². The summed E-state index contributed by atoms with van der Waals surface area (Å²) in [6, 6.07) is 31.5. The zero-order valence-corrected chi connectivity index (χ0v) is 17.5. The quantitative estimate of drug-likeness (QED) is 0.137. The number of benzene rings is 3. The molecule has 0 aliphatic carbocycles. The van der Waals surface area contributed by atoms with Gasteiger partial charge in [-0.15, -0.1) is 5.11 Å². The van der Waals surface area contributed by atoms with Crippen LogP contribution in [0.3, 0.4) is 0 Å². The molecule has 0 saturated heterocycles. The molecule has 1 aromatic heterocycles. The molecule has 1 unspecified atom stereocenters. The molecule has 0 saturated carbocycles. The minimum absolute atomic E-state index is 0.0521. The fourth-order valence-electron chi connectivity index (χ4n) is 3.31. The van der Waals surface area contributed by atoms with E-state index in [1.165, 1.54) is 11.8 Å². The molecule has 0 fully saturated rings. The van der Waals surface area contributed by atoms with Crippen molar-refractivity contribution >= 4 is 23.3 Å². The van der Waals surface area contributed by atoms with Crippen LogP contribution in [0.2, 0.25) is 0 Å². The van der Waals surface area contributed by atoms with Crippen molar-refractivity contribution in [3.63, 3.8) is 0 Å². The third-order valence-electron chi connectivity index (χ3n) is 4.88. The van der Waals surface area contributed by atoms with Crippen molar-refractivity contribution < 1.29 is 0 Å². The van der Waals surface area contributed by atoms with Crippen LogP contribution in [0.15, 0.2) is 107 Å². The van der Waals surface area contributed by atoms with Crippen molar-refractivity contribution in [1.82, 2.24) is 4.98 Å². The number of hydrogen-bond donors (Lipinski definition) is 3. The zero-order chi connectivity index (χ0) is 21.6. The minimum Gasteiger partial charge on any atom is -0.396 e. The van der Waals surface area contributed by atoms with E-state index >= 15 is 0 Å². The van der Waals surface area contributed by atoms with Crippen molar-refractivity contribution in [2.75, 3.05) is 5.73 Å². The Morgan fingerprint density at radius 3 is 1.97 bits per heavy atom. The number of nitrogens with two attached hydrogens (primary N) is 1. The van der Waals surface area contributed by atoms with Crippen LogP contribution in [-0.2, 0) is 0 Å². The first-order valence-electron chi connectivity index (χ1n) is 9.76. The Bertz CT molecular complexity index is 1190. The maximum absolute atomic E-state index is 8.24. The smallest absolute Gasteiger partial charge is 0.160 e. The van der Waals surface area contributed by atoms with E-state index in [4.69, 9.17) is 21.7 Å². The highest BCUT2D eigenvalue weighted by molar-refractivity contribution is 8.00. The lowest BCUT2D eigenvalue weighted by Gasteiger charge is -2.18. The van der Waals surface area contributed by atoms with E-state index in [2.05, 4.69) is 5.11 Å². The first-order valence-corrected chi connectivity index (χ1v) is 10.6. The van der Waals surface area contributed by atoms with Crippen molar-refractivity contribution in [2.45, 2.75) is 10.3 Å². The molecule has 0 spiro atoms. The van der Waals surface area contributed by atoms with Crippen LogP contribution in [0.25, 0.3) is 22.4 Å². The molecule has 0 aliphatic heterocycles. The fourth-order valence-corrected chi connectivity index (χ4v) is 4.38. The standard InChI is InChI=1S/C25H21N5S/c26-22-20(17-10-4-1-5-11-17)16-21(18-12-6-2-7-13-18)29-25(22)31-23(24(27)30-28)19-14-8-3-9-15-19/h1-16,23,27-28H,26H2. The van der Waals surface area contributed by atoms with Gasteiger partial charge in [-0.05, 0) is 17.2 Å². The molecule has 5 nitrogen and oxygen atoms in total. The monoisotopic (exact) mass is 423 g/mol. The van der Waals surface area contributed by atoms with Gasteiger partial charge < -0.3 is 5.73 Å². The zero-order valence-electron chi connectivity index (χ0n) is 16.7. The number of nitrogens with one attached hydrogen (secondary N) is 2. The van der Waals surface area contributed by atoms with Crippen molar-refractivity contribution in [2.24, 2.45) is 5.11 Å². The largest absolute Gasteiger partial charge is 0.396 e. The lowest BCUT2D eigenvalue weighted by atomic mass is 10.0. The molecule has 0 aliphatic rings. The molecule has 152 valence electrons. The van der Waals surface area contributed by atoms with E-state index in [0.717, 1.165) is 27.9 Å². The number of nitrogens with zero attached hydrogens (tertiary/aromatic N) is 2. The van der Waals surface area contributed by atoms with Gasteiger partial charge in [-0.25, -0.2) is 10.5 Å². The molecular formula is C25H21N5S. The SMILES string of the molecule is N=NC(=N)C(Sc1nc(-c2ccccc2)cc(-c2ccccc2)c1N)c1ccccc1. The Kier molecular flexibility index (Phi) is 6.19. The summed E-state index contributed by atoms with van der Waals surface area (Å²) in [5.41, 5.74) is 19.1. The van der Waals surface area contributed by atoms with Crippen LogP contribution < -0.4 is 5.73 Å². The third kappa shape index (κ3) is 4.54. The lowest BCUT2D eigenvalue weighted by Crippen LogP contribution is -2.07. The number of rotatable bonds is 6. The van der Waals surface area contributed by atoms with Crippen LogP contribution in [-0.4, -0.2) is 10.8 Å². The summed E-state index contributed by atoms with van der Waals surface area (Å²) >= 11 is 1.34. The van der Waals surface area contributed by atoms with Gasteiger partial charge in [-0.1, -0.05) is 103 Å². The molecular weight excluding hydrogens is 402 g/mol. The molecule has 0 radical (unpaired) electrons. The minimum atomic E-state index is -0.483. The number of nitrogen functional groups attached to an aromatic ring is 1. The average Bonchev–Trinajstić information content (AvgIpc) is 2.84. The van der Waals surface area contributed by atoms with Gasteiger partial charge in [-0.2, -0.15) is 0 Å². The Morgan fingerprint density at radius 2 is 1.39 bits per heavy atom. The lowest BCUT2D eigenvalue weighted by molar-refractivity contribution is 1.08. The number of hydrogen-bond acceptors (Lipinski definition) is 5. The highest BCUT2D eigenvalue weighted by Crippen LogP contribution is 2.42. The second-order valence-corrected chi connectivity index (χ2v) is 8.01. The van der Waals surface area contributed by atoms with Crippen LogP contribution in [0.5, 0.6) is 0 Å². The molecule has 4 N–H and O–H groups in total. The molecule has 1 heterocycles. The molecule has 31 heavy (non-hydrogen) atoms. The number of amidine groups is 1. The molecule has 4 rings (SSSR count). The number of aromatic nitrogens is 1. The summed E-state index contributed by atoms with van der Waals surface area (Å²) < 4.78 is 0. The Balaban J connectivity index is 1.86. The molecule has 3 aromatic carbocycles. The van der Waals surface area contributed by atoms with Crippen LogP contribution in [0.1, 0.15) is 10.8 Å². The van der Waals surface area contributed by atoms with E-state index in [1.807, 2.05) is 97.1 Å². The van der Waals surface area contributed by atoms with E-state index in [1.54, 1.807) is 0 Å². The van der Waals surface area contributed by atoms with Gasteiger partial charge in [-0.3, -0.25) is 5.41 Å². The van der Waals surface area contributed by atoms with Gasteiger partial charge in [0.25, 0.3) is 0 Å². The number of thioether (sulfide) groups is 1. The Hall–Kier alpha value is -3.77. The molecule has 0 bridgehead atoms. The number of pyridine rings is 1. The Morgan fingerprint density at radius 1 is 0.839 bits per heavy atom. The summed E-state index contributed by atoms with van der Waals surface area (Å²) in [5.74, 6) is -0.0521. The summed E-state index contributed by atoms with van der Waals surface area (Å²) in [6.45, 7) is 0. The van der Waals surface area contributed by atoms with Gasteiger partial charge in [0.1, 0.15) is 5.03 Å². The summed E-state index contributed by atoms with van der Waals surface area (Å²) in [7, 11) is 0. The summed E-state index contributed by atoms with van der Waals surface area (Å²) in [6.07, 6.45) is 0. The van der Waals surface area contributed by atoms with Gasteiger partial charge in [0.2, 0.25) is 0 Å². The van der Waals surface area contributed by atoms with Crippen LogP contribution in [0.4, 0.5) is 5.69 Å². The second kappa shape index (κ2) is 9.36. The third-order valence-corrected chi connectivity index (χ3v) is 6.14. The highest BCUT2D eigenvalue weighted by Gasteiger charge is 2.23.